The minimum absolute atomic E-state index is 0.154. The number of ketones is 1. The van der Waals surface area contributed by atoms with Crippen LogP contribution in [-0.4, -0.2) is 41.9 Å². The number of aryl methyl sites for hydroxylation is 1. The molecule has 0 bridgehead atoms. The average molecular weight is 406 g/mol. The second-order valence-electron chi connectivity index (χ2n) is 7.47. The molecule has 1 aliphatic rings. The minimum atomic E-state index is -3.46. The number of nitrogens with one attached hydrogen (secondary N) is 1. The number of anilines is 1. The predicted molar refractivity (Wildman–Crippen MR) is 108 cm³/mol. The predicted octanol–water partition coefficient (Wildman–Crippen LogP) is 3.16. The summed E-state index contributed by atoms with van der Waals surface area (Å²) in [6, 6.07) is 3.00. The number of sulfone groups is 1. The Labute approximate surface area is 165 Å². The van der Waals surface area contributed by atoms with Crippen molar-refractivity contribution in [2.75, 3.05) is 18.1 Å². The molecule has 1 fully saturated rings. The summed E-state index contributed by atoms with van der Waals surface area (Å²) in [7, 11) is -1.85. The van der Waals surface area contributed by atoms with Crippen molar-refractivity contribution in [1.82, 2.24) is 9.78 Å². The highest BCUT2D eigenvalue weighted by Gasteiger charge is 2.35. The summed E-state index contributed by atoms with van der Waals surface area (Å²) in [5.74, 6) is -0.286. The van der Waals surface area contributed by atoms with Crippen molar-refractivity contribution in [2.45, 2.75) is 50.3 Å². The molecule has 0 saturated heterocycles. The van der Waals surface area contributed by atoms with Crippen LogP contribution in [0.15, 0.2) is 17.0 Å². The topological polar surface area (TPSA) is 101 Å². The number of hydrogen-bond acceptors (Lipinski definition) is 6. The molecule has 0 radical (unpaired) electrons. The molecule has 1 heterocycles. The quantitative estimate of drug-likeness (QED) is 0.517. The summed E-state index contributed by atoms with van der Waals surface area (Å²) in [6.07, 6.45) is 4.91. The maximum absolute atomic E-state index is 13.3. The van der Waals surface area contributed by atoms with E-state index < -0.39 is 9.84 Å². The number of nitrogens with zero attached hydrogens (tertiary/aromatic N) is 2. The van der Waals surface area contributed by atoms with E-state index >= 15 is 0 Å². The van der Waals surface area contributed by atoms with Gasteiger partial charge < -0.3 is 10.4 Å². The van der Waals surface area contributed by atoms with E-state index in [9.17, 15) is 18.3 Å². The Hall–Kier alpha value is -2.35. The minimum Gasteiger partial charge on any atom is -0.493 e. The molecule has 0 aliphatic heterocycles. The molecule has 2 N–H and O–H groups in total. The molecular weight excluding hydrogens is 378 g/mol. The molecule has 1 aliphatic carbocycles. The second kappa shape index (κ2) is 7.58. The van der Waals surface area contributed by atoms with Gasteiger partial charge in [-0.05, 0) is 43.9 Å². The molecule has 2 aromatic rings. The van der Waals surface area contributed by atoms with E-state index in [1.165, 1.54) is 16.8 Å². The number of unbranched alkanes of at least 4 members (excludes halogenated alkanes) is 1. The molecule has 0 amide bonds. The van der Waals surface area contributed by atoms with Crippen LogP contribution in [0.25, 0.3) is 0 Å². The van der Waals surface area contributed by atoms with E-state index in [-0.39, 0.29) is 28.0 Å². The number of carbonyl (C=O) groups excluding carboxylic acids is 1. The Bertz CT molecular complexity index is 1020. The van der Waals surface area contributed by atoms with Gasteiger partial charge in [-0.15, -0.1) is 0 Å². The van der Waals surface area contributed by atoms with Gasteiger partial charge in [0.15, 0.2) is 9.84 Å². The summed E-state index contributed by atoms with van der Waals surface area (Å²) >= 11 is 0. The van der Waals surface area contributed by atoms with Crippen LogP contribution in [0, 0.1) is 6.92 Å². The first-order valence-corrected chi connectivity index (χ1v) is 11.4. The van der Waals surface area contributed by atoms with Crippen LogP contribution in [0.4, 0.5) is 5.69 Å². The first kappa shape index (κ1) is 20.4. The average Bonchev–Trinajstić information content (AvgIpc) is 3.41. The molecule has 1 saturated carbocycles. The standard InChI is InChI=1S/C20H27N3O4S/c1-5-6-11-21-17-12(2)14(9-10-15(17)28(4,26)27)19(24)16-18(13-7-8-13)22-23(3)20(16)25/h9-10,13,21,25H,5-8,11H2,1-4H3. The van der Waals surface area contributed by atoms with Gasteiger partial charge in [0.25, 0.3) is 0 Å². The number of hydrogen-bond donors (Lipinski definition) is 2. The number of benzene rings is 1. The van der Waals surface area contributed by atoms with Gasteiger partial charge in [-0.2, -0.15) is 5.10 Å². The van der Waals surface area contributed by atoms with E-state index in [1.807, 2.05) is 0 Å². The Morgan fingerprint density at radius 1 is 1.36 bits per heavy atom. The van der Waals surface area contributed by atoms with Crippen LogP contribution in [0.2, 0.25) is 0 Å². The Kier molecular flexibility index (Phi) is 5.52. The van der Waals surface area contributed by atoms with Crippen LogP contribution in [0.3, 0.4) is 0 Å². The SMILES string of the molecule is CCCCNc1c(S(C)(=O)=O)ccc(C(=O)c2c(C3CC3)nn(C)c2O)c1C. The number of aromatic hydroxyl groups is 1. The summed E-state index contributed by atoms with van der Waals surface area (Å²) in [6.45, 7) is 4.40. The second-order valence-corrected chi connectivity index (χ2v) is 9.46. The molecule has 0 spiro atoms. The van der Waals surface area contributed by atoms with Crippen molar-refractivity contribution >= 4 is 21.3 Å². The van der Waals surface area contributed by atoms with Gasteiger partial charge in [0, 0.05) is 31.3 Å². The Morgan fingerprint density at radius 2 is 2.04 bits per heavy atom. The molecule has 8 heteroatoms. The highest BCUT2D eigenvalue weighted by Crippen LogP contribution is 2.44. The lowest BCUT2D eigenvalue weighted by atomic mass is 9.96. The smallest absolute Gasteiger partial charge is 0.220 e. The van der Waals surface area contributed by atoms with Crippen LogP contribution >= 0.6 is 0 Å². The van der Waals surface area contributed by atoms with E-state index in [0.29, 0.717) is 29.1 Å². The third kappa shape index (κ3) is 3.78. The summed E-state index contributed by atoms with van der Waals surface area (Å²) < 4.78 is 25.8. The van der Waals surface area contributed by atoms with Crippen LogP contribution in [0.1, 0.15) is 65.7 Å². The lowest BCUT2D eigenvalue weighted by molar-refractivity contribution is 0.103. The van der Waals surface area contributed by atoms with Crippen molar-refractivity contribution in [2.24, 2.45) is 7.05 Å². The fraction of sp³-hybridized carbons (Fsp3) is 0.500. The van der Waals surface area contributed by atoms with E-state index in [0.717, 1.165) is 31.9 Å². The number of aromatic nitrogens is 2. The van der Waals surface area contributed by atoms with Crippen LogP contribution < -0.4 is 5.32 Å². The first-order valence-electron chi connectivity index (χ1n) is 9.54. The third-order valence-electron chi connectivity index (χ3n) is 5.14. The normalized spacial score (nSPS) is 14.3. The van der Waals surface area contributed by atoms with E-state index in [4.69, 9.17) is 0 Å². The Morgan fingerprint density at radius 3 is 2.61 bits per heavy atom. The van der Waals surface area contributed by atoms with Gasteiger partial charge in [0.05, 0.1) is 16.3 Å². The fourth-order valence-corrected chi connectivity index (χ4v) is 4.29. The summed E-state index contributed by atoms with van der Waals surface area (Å²) in [5.41, 5.74) is 2.24. The molecule has 0 atom stereocenters. The lowest BCUT2D eigenvalue weighted by Crippen LogP contribution is -2.13. The molecule has 1 aromatic carbocycles. The third-order valence-corrected chi connectivity index (χ3v) is 6.28. The maximum atomic E-state index is 13.3. The van der Waals surface area contributed by atoms with Gasteiger partial charge in [0.1, 0.15) is 5.56 Å². The zero-order valence-electron chi connectivity index (χ0n) is 16.7. The number of carbonyl (C=O) groups is 1. The molecular formula is C20H27N3O4S. The highest BCUT2D eigenvalue weighted by atomic mass is 32.2. The zero-order chi connectivity index (χ0) is 20.6. The highest BCUT2D eigenvalue weighted by molar-refractivity contribution is 7.90. The molecule has 7 nitrogen and oxygen atoms in total. The molecule has 3 rings (SSSR count). The van der Waals surface area contributed by atoms with Crippen LogP contribution in [0.5, 0.6) is 5.88 Å². The fourth-order valence-electron chi connectivity index (χ4n) is 3.38. The van der Waals surface area contributed by atoms with Crippen molar-refractivity contribution in [3.63, 3.8) is 0 Å². The molecule has 28 heavy (non-hydrogen) atoms. The molecule has 152 valence electrons. The largest absolute Gasteiger partial charge is 0.493 e. The van der Waals surface area contributed by atoms with Gasteiger partial charge in [-0.1, -0.05) is 13.3 Å². The van der Waals surface area contributed by atoms with Crippen molar-refractivity contribution in [3.8, 4) is 5.88 Å². The lowest BCUT2D eigenvalue weighted by Gasteiger charge is -2.17. The number of rotatable bonds is 8. The van der Waals surface area contributed by atoms with Crippen molar-refractivity contribution < 1.29 is 18.3 Å². The van der Waals surface area contributed by atoms with Gasteiger partial charge >= 0.3 is 0 Å². The summed E-state index contributed by atoms with van der Waals surface area (Å²) in [4.78, 5) is 13.5. The van der Waals surface area contributed by atoms with Crippen LogP contribution in [-0.2, 0) is 16.9 Å². The summed E-state index contributed by atoms with van der Waals surface area (Å²) in [5, 5.41) is 17.9. The Balaban J connectivity index is 2.10. The van der Waals surface area contributed by atoms with Gasteiger partial charge in [-0.25, -0.2) is 13.1 Å². The monoisotopic (exact) mass is 405 g/mol. The van der Waals surface area contributed by atoms with Gasteiger partial charge in [0.2, 0.25) is 11.7 Å². The zero-order valence-corrected chi connectivity index (χ0v) is 17.6. The van der Waals surface area contributed by atoms with Gasteiger partial charge in [-0.3, -0.25) is 4.79 Å². The first-order chi connectivity index (χ1) is 13.2. The molecule has 0 unspecified atom stereocenters. The maximum Gasteiger partial charge on any atom is 0.220 e. The van der Waals surface area contributed by atoms with E-state index in [1.54, 1.807) is 14.0 Å². The van der Waals surface area contributed by atoms with Crippen molar-refractivity contribution in [3.05, 3.63) is 34.5 Å². The molecule has 1 aromatic heterocycles. The van der Waals surface area contributed by atoms with E-state index in [2.05, 4.69) is 17.3 Å². The van der Waals surface area contributed by atoms with Crippen molar-refractivity contribution in [1.29, 1.82) is 0 Å².